The van der Waals surface area contributed by atoms with Gasteiger partial charge in [-0.15, -0.1) is 0 Å². The molecular weight excluding hydrogens is 470 g/mol. The van der Waals surface area contributed by atoms with E-state index in [1.54, 1.807) is 24.3 Å². The maximum Gasteiger partial charge on any atom is 0.272 e. The molecule has 0 aliphatic carbocycles. The van der Waals surface area contributed by atoms with Crippen LogP contribution >= 0.6 is 0 Å². The van der Waals surface area contributed by atoms with Gasteiger partial charge in [-0.1, -0.05) is 48.5 Å². The molecule has 0 spiro atoms. The molecule has 3 aromatic carbocycles. The lowest BCUT2D eigenvalue weighted by Crippen LogP contribution is -2.37. The zero-order valence-corrected chi connectivity index (χ0v) is 21.4. The highest BCUT2D eigenvalue weighted by atomic mass is 32.2. The highest BCUT2D eigenvalue weighted by Crippen LogP contribution is 2.31. The van der Waals surface area contributed by atoms with Gasteiger partial charge >= 0.3 is 0 Å². The predicted octanol–water partition coefficient (Wildman–Crippen LogP) is 5.58. The third-order valence-corrected chi connectivity index (χ3v) is 8.50. The maximum atomic E-state index is 12.7. The van der Waals surface area contributed by atoms with Crippen molar-refractivity contribution in [2.75, 3.05) is 17.8 Å². The lowest BCUT2D eigenvalue weighted by molar-refractivity contribution is 0.172. The molecule has 0 radical (unpaired) electrons. The fraction of sp³-hybridized carbons (Fsp3) is 0.276. The van der Waals surface area contributed by atoms with Crippen molar-refractivity contribution in [2.24, 2.45) is 0 Å². The zero-order valence-electron chi connectivity index (χ0n) is 20.6. The van der Waals surface area contributed by atoms with Crippen LogP contribution in [0, 0.1) is 0 Å². The topological polar surface area (TPSA) is 82.3 Å². The van der Waals surface area contributed by atoms with Gasteiger partial charge in [0.15, 0.2) is 0 Å². The smallest absolute Gasteiger partial charge is 0.272 e. The molecule has 7 heteroatoms. The lowest BCUT2D eigenvalue weighted by atomic mass is 9.88. The molecule has 0 bridgehead atoms. The summed E-state index contributed by atoms with van der Waals surface area (Å²) in [5, 5.41) is 0.753. The number of rotatable bonds is 6. The maximum absolute atomic E-state index is 12.7. The number of benzene rings is 3. The minimum atomic E-state index is -3.86. The quantitative estimate of drug-likeness (QED) is 0.361. The molecule has 4 aromatic rings. The van der Waals surface area contributed by atoms with E-state index in [1.807, 2.05) is 18.2 Å². The van der Waals surface area contributed by atoms with Crippen LogP contribution < -0.4 is 10.3 Å². The van der Waals surface area contributed by atoms with Crippen molar-refractivity contribution in [3.05, 3.63) is 94.8 Å². The minimum absolute atomic E-state index is 0.00779. The Morgan fingerprint density at radius 2 is 1.56 bits per heavy atom. The van der Waals surface area contributed by atoms with E-state index in [1.165, 1.54) is 30.5 Å². The number of nitrogens with zero attached hydrogens (tertiary/aromatic N) is 1. The number of aromatic nitrogens is 1. The number of piperidine rings is 1. The highest BCUT2D eigenvalue weighted by molar-refractivity contribution is 7.92. The molecular formula is C29H31N3O3S. The van der Waals surface area contributed by atoms with Crippen molar-refractivity contribution < 1.29 is 8.42 Å². The van der Waals surface area contributed by atoms with Gasteiger partial charge in [-0.25, -0.2) is 8.42 Å². The van der Waals surface area contributed by atoms with E-state index in [2.05, 4.69) is 52.7 Å². The van der Waals surface area contributed by atoms with Gasteiger partial charge in [-0.3, -0.25) is 9.52 Å². The fourth-order valence-electron chi connectivity index (χ4n) is 4.96. The molecule has 1 saturated heterocycles. The Morgan fingerprint density at radius 3 is 2.22 bits per heavy atom. The Hall–Kier alpha value is -3.42. The number of pyridine rings is 1. The summed E-state index contributed by atoms with van der Waals surface area (Å²) in [5.41, 5.74) is 3.63. The Balaban J connectivity index is 1.38. The molecule has 1 aliphatic heterocycles. The Kier molecular flexibility index (Phi) is 6.69. The van der Waals surface area contributed by atoms with Crippen LogP contribution in [0.25, 0.3) is 22.0 Å². The summed E-state index contributed by atoms with van der Waals surface area (Å²) in [7, 11) is -3.86. The molecule has 0 atom stereocenters. The molecule has 0 saturated carbocycles. The molecule has 2 heterocycles. The van der Waals surface area contributed by atoms with Crippen LogP contribution in [0.1, 0.15) is 38.2 Å². The van der Waals surface area contributed by atoms with E-state index in [9.17, 15) is 13.2 Å². The van der Waals surface area contributed by atoms with E-state index in [0.29, 0.717) is 17.5 Å². The number of hydrogen-bond acceptors (Lipinski definition) is 4. The van der Waals surface area contributed by atoms with Crippen molar-refractivity contribution in [3.63, 3.8) is 0 Å². The molecule has 0 amide bonds. The highest BCUT2D eigenvalue weighted by Gasteiger charge is 2.22. The van der Waals surface area contributed by atoms with Crippen LogP contribution in [0.15, 0.2) is 88.6 Å². The first kappa shape index (κ1) is 24.3. The van der Waals surface area contributed by atoms with Crippen molar-refractivity contribution in [3.8, 4) is 11.1 Å². The number of fused-ring (bicyclic) bond motifs is 1. The van der Waals surface area contributed by atoms with Crippen LogP contribution in [0.5, 0.6) is 0 Å². The van der Waals surface area contributed by atoms with Gasteiger partial charge in [0, 0.05) is 16.9 Å². The average Bonchev–Trinajstić information content (AvgIpc) is 2.89. The van der Waals surface area contributed by atoms with E-state index in [4.69, 9.17) is 0 Å². The normalized spacial score (nSPS) is 15.4. The lowest BCUT2D eigenvalue weighted by Gasteiger charge is -2.34. The number of aromatic amines is 1. The van der Waals surface area contributed by atoms with Gasteiger partial charge in [0.2, 0.25) is 0 Å². The Labute approximate surface area is 212 Å². The summed E-state index contributed by atoms with van der Waals surface area (Å²) in [5.74, 6) is 0.593. The van der Waals surface area contributed by atoms with Crippen molar-refractivity contribution in [1.29, 1.82) is 0 Å². The van der Waals surface area contributed by atoms with E-state index >= 15 is 0 Å². The summed E-state index contributed by atoms with van der Waals surface area (Å²) in [6.45, 7) is 6.80. The molecule has 1 fully saturated rings. The molecule has 186 valence electrons. The van der Waals surface area contributed by atoms with Gasteiger partial charge in [0.1, 0.15) is 5.69 Å². The number of likely N-dealkylation sites (tertiary alicyclic amines) is 1. The summed E-state index contributed by atoms with van der Waals surface area (Å²) in [4.78, 5) is 18.0. The Morgan fingerprint density at radius 1 is 0.889 bits per heavy atom. The SMILES string of the molecule is CC(C)N1CCC(c2ccc(-c3ccc4[nH]c(=O)c(NS(=O)(=O)c5ccccc5)cc4c3)cc2)CC1. The van der Waals surface area contributed by atoms with Gasteiger partial charge in [0.25, 0.3) is 15.6 Å². The van der Waals surface area contributed by atoms with Crippen LogP contribution in [0.4, 0.5) is 5.69 Å². The minimum Gasteiger partial charge on any atom is -0.320 e. The van der Waals surface area contributed by atoms with Crippen LogP contribution in [-0.4, -0.2) is 37.4 Å². The first-order valence-electron chi connectivity index (χ1n) is 12.4. The van der Waals surface area contributed by atoms with Crippen molar-refractivity contribution in [1.82, 2.24) is 9.88 Å². The number of sulfonamides is 1. The van der Waals surface area contributed by atoms with Gasteiger partial charge < -0.3 is 9.88 Å². The van der Waals surface area contributed by atoms with Gasteiger partial charge in [-0.2, -0.15) is 0 Å². The first-order chi connectivity index (χ1) is 17.3. The average molecular weight is 502 g/mol. The second-order valence-corrected chi connectivity index (χ2v) is 11.4. The third-order valence-electron chi connectivity index (χ3n) is 7.12. The number of anilines is 1. The largest absolute Gasteiger partial charge is 0.320 e. The summed E-state index contributed by atoms with van der Waals surface area (Å²) >= 11 is 0. The number of hydrogen-bond donors (Lipinski definition) is 2. The Bertz CT molecular complexity index is 1520. The molecule has 5 rings (SSSR count). The van der Waals surface area contributed by atoms with E-state index in [0.717, 1.165) is 29.6 Å². The zero-order chi connectivity index (χ0) is 25.3. The molecule has 6 nitrogen and oxygen atoms in total. The van der Waals surface area contributed by atoms with Crippen LogP contribution in [0.2, 0.25) is 0 Å². The summed E-state index contributed by atoms with van der Waals surface area (Å²) < 4.78 is 27.9. The van der Waals surface area contributed by atoms with Crippen LogP contribution in [0.3, 0.4) is 0 Å². The van der Waals surface area contributed by atoms with Gasteiger partial charge in [0.05, 0.1) is 4.90 Å². The second-order valence-electron chi connectivity index (χ2n) is 9.76. The van der Waals surface area contributed by atoms with Crippen molar-refractivity contribution >= 4 is 26.6 Å². The molecule has 1 aliphatic rings. The molecule has 2 N–H and O–H groups in total. The fourth-order valence-corrected chi connectivity index (χ4v) is 6.04. The molecule has 1 aromatic heterocycles. The summed E-state index contributed by atoms with van der Waals surface area (Å²) in [6.07, 6.45) is 2.37. The second kappa shape index (κ2) is 9.91. The van der Waals surface area contributed by atoms with Crippen molar-refractivity contribution in [2.45, 2.75) is 43.5 Å². The molecule has 0 unspecified atom stereocenters. The standard InChI is InChI=1S/C29H31N3O3S/c1-20(2)32-16-14-23(15-17-32)21-8-10-22(11-9-21)24-12-13-27-25(18-24)19-28(29(33)30-27)31-36(34,35)26-6-4-3-5-7-26/h3-13,18-20,23,31H,14-17H2,1-2H3,(H,30,33). The first-order valence-corrected chi connectivity index (χ1v) is 13.9. The predicted molar refractivity (Wildman–Crippen MR) is 146 cm³/mol. The monoisotopic (exact) mass is 501 g/mol. The number of H-pyrrole nitrogens is 1. The van der Waals surface area contributed by atoms with Gasteiger partial charge in [-0.05, 0) is 92.7 Å². The molecule has 36 heavy (non-hydrogen) atoms. The van der Waals surface area contributed by atoms with E-state index < -0.39 is 15.6 Å². The summed E-state index contributed by atoms with van der Waals surface area (Å²) in [6, 6.07) is 24.8. The van der Waals surface area contributed by atoms with Crippen LogP contribution in [-0.2, 0) is 10.0 Å². The van der Waals surface area contributed by atoms with E-state index in [-0.39, 0.29) is 10.6 Å². The third kappa shape index (κ3) is 5.08. The number of nitrogens with one attached hydrogen (secondary N) is 2.